The fourth-order valence-electron chi connectivity index (χ4n) is 2.92. The van der Waals surface area contributed by atoms with Gasteiger partial charge in [-0.3, -0.25) is 4.90 Å². The van der Waals surface area contributed by atoms with Gasteiger partial charge < -0.3 is 4.74 Å². The Bertz CT molecular complexity index is 407. The van der Waals surface area contributed by atoms with Crippen molar-refractivity contribution in [2.24, 2.45) is 0 Å². The molecule has 1 aromatic rings. The van der Waals surface area contributed by atoms with E-state index in [1.807, 2.05) is 6.07 Å². The maximum absolute atomic E-state index is 6.04. The van der Waals surface area contributed by atoms with Crippen LogP contribution >= 0.6 is 11.6 Å². The molecule has 0 aromatic heterocycles. The Morgan fingerprint density at radius 1 is 1.44 bits per heavy atom. The molecule has 0 N–H and O–H groups in total. The number of morpholine rings is 1. The van der Waals surface area contributed by atoms with E-state index >= 15 is 0 Å². The molecule has 3 heteroatoms. The SMILES string of the molecule is CN1CCO[C@@H]2CCc3cc(Cl)ccc3[C@@H]21. The smallest absolute Gasteiger partial charge is 0.0775 e. The molecule has 0 bridgehead atoms. The molecule has 1 heterocycles. The molecule has 1 fully saturated rings. The molecule has 0 radical (unpaired) electrons. The lowest BCUT2D eigenvalue weighted by Crippen LogP contribution is -2.45. The molecular weight excluding hydrogens is 222 g/mol. The van der Waals surface area contributed by atoms with Crippen LogP contribution in [0.2, 0.25) is 5.02 Å². The van der Waals surface area contributed by atoms with E-state index in [0.29, 0.717) is 12.1 Å². The summed E-state index contributed by atoms with van der Waals surface area (Å²) >= 11 is 6.04. The standard InChI is InChI=1S/C13H16ClNO/c1-15-6-7-16-12-5-2-9-8-10(14)3-4-11(9)13(12)15/h3-4,8,12-13H,2,5-7H2,1H3/t12-,13+/m1/s1. The number of fused-ring (bicyclic) bond motifs is 3. The van der Waals surface area contributed by atoms with Crippen molar-refractivity contribution in [3.05, 3.63) is 34.3 Å². The molecule has 1 saturated heterocycles. The fraction of sp³-hybridized carbons (Fsp3) is 0.538. The monoisotopic (exact) mass is 237 g/mol. The zero-order valence-electron chi connectivity index (χ0n) is 9.45. The van der Waals surface area contributed by atoms with Gasteiger partial charge >= 0.3 is 0 Å². The van der Waals surface area contributed by atoms with Crippen molar-refractivity contribution >= 4 is 11.6 Å². The maximum atomic E-state index is 6.04. The number of aryl methyl sites for hydroxylation is 1. The van der Waals surface area contributed by atoms with Gasteiger partial charge in [-0.05, 0) is 43.1 Å². The van der Waals surface area contributed by atoms with Crippen LogP contribution in [-0.2, 0) is 11.2 Å². The van der Waals surface area contributed by atoms with E-state index in [0.717, 1.165) is 31.0 Å². The van der Waals surface area contributed by atoms with E-state index in [1.165, 1.54) is 11.1 Å². The molecule has 2 aliphatic rings. The van der Waals surface area contributed by atoms with Crippen LogP contribution in [0.3, 0.4) is 0 Å². The first kappa shape index (κ1) is 10.6. The first-order valence-electron chi connectivity index (χ1n) is 5.86. The fourth-order valence-corrected chi connectivity index (χ4v) is 3.11. The highest BCUT2D eigenvalue weighted by Gasteiger charge is 2.35. The summed E-state index contributed by atoms with van der Waals surface area (Å²) in [5.74, 6) is 0. The molecule has 0 saturated carbocycles. The van der Waals surface area contributed by atoms with Gasteiger partial charge in [0.25, 0.3) is 0 Å². The molecule has 86 valence electrons. The highest BCUT2D eigenvalue weighted by Crippen LogP contribution is 2.38. The van der Waals surface area contributed by atoms with Gasteiger partial charge in [0.15, 0.2) is 0 Å². The van der Waals surface area contributed by atoms with E-state index in [1.54, 1.807) is 0 Å². The number of rotatable bonds is 0. The topological polar surface area (TPSA) is 12.5 Å². The largest absolute Gasteiger partial charge is 0.375 e. The average molecular weight is 238 g/mol. The molecule has 0 spiro atoms. The molecule has 2 nitrogen and oxygen atoms in total. The predicted octanol–water partition coefficient (Wildman–Crippen LogP) is 2.66. The van der Waals surface area contributed by atoms with Crippen molar-refractivity contribution in [2.45, 2.75) is 25.0 Å². The molecule has 16 heavy (non-hydrogen) atoms. The molecule has 3 rings (SSSR count). The Balaban J connectivity index is 2.02. The molecule has 0 unspecified atom stereocenters. The second kappa shape index (κ2) is 4.02. The zero-order chi connectivity index (χ0) is 11.1. The van der Waals surface area contributed by atoms with Crippen LogP contribution in [0.25, 0.3) is 0 Å². The molecule has 1 aromatic carbocycles. The number of ether oxygens (including phenoxy) is 1. The van der Waals surface area contributed by atoms with Gasteiger partial charge in [-0.1, -0.05) is 17.7 Å². The highest BCUT2D eigenvalue weighted by molar-refractivity contribution is 6.30. The number of benzene rings is 1. The van der Waals surface area contributed by atoms with Crippen LogP contribution in [0.15, 0.2) is 18.2 Å². The summed E-state index contributed by atoms with van der Waals surface area (Å²) in [7, 11) is 2.18. The second-order valence-electron chi connectivity index (χ2n) is 4.72. The Morgan fingerprint density at radius 3 is 3.19 bits per heavy atom. The van der Waals surface area contributed by atoms with E-state index in [4.69, 9.17) is 16.3 Å². The van der Waals surface area contributed by atoms with Crippen molar-refractivity contribution < 1.29 is 4.74 Å². The maximum Gasteiger partial charge on any atom is 0.0775 e. The third-order valence-electron chi connectivity index (χ3n) is 3.72. The summed E-state index contributed by atoms with van der Waals surface area (Å²) in [5, 5.41) is 0.844. The van der Waals surface area contributed by atoms with Gasteiger partial charge in [0, 0.05) is 11.6 Å². The number of hydrogen-bond donors (Lipinski definition) is 0. The third-order valence-corrected chi connectivity index (χ3v) is 3.96. The van der Waals surface area contributed by atoms with Crippen molar-refractivity contribution in [1.82, 2.24) is 4.90 Å². The molecule has 1 aliphatic carbocycles. The molecular formula is C13H16ClNO. The lowest BCUT2D eigenvalue weighted by Gasteiger charge is -2.43. The highest BCUT2D eigenvalue weighted by atomic mass is 35.5. The average Bonchev–Trinajstić information content (AvgIpc) is 2.29. The Hall–Kier alpha value is -0.570. The number of halogens is 1. The lowest BCUT2D eigenvalue weighted by molar-refractivity contribution is -0.0707. The van der Waals surface area contributed by atoms with E-state index in [9.17, 15) is 0 Å². The number of nitrogens with zero attached hydrogens (tertiary/aromatic N) is 1. The molecule has 1 aliphatic heterocycles. The summed E-state index contributed by atoms with van der Waals surface area (Å²) in [6, 6.07) is 6.69. The minimum absolute atomic E-state index is 0.368. The summed E-state index contributed by atoms with van der Waals surface area (Å²) in [6.45, 7) is 1.88. The van der Waals surface area contributed by atoms with Gasteiger partial charge in [0.1, 0.15) is 0 Å². The van der Waals surface area contributed by atoms with Crippen LogP contribution in [0, 0.1) is 0 Å². The number of likely N-dealkylation sites (N-methyl/N-ethyl adjacent to an activating group) is 1. The number of hydrogen-bond acceptors (Lipinski definition) is 2. The van der Waals surface area contributed by atoms with E-state index in [2.05, 4.69) is 24.1 Å². The van der Waals surface area contributed by atoms with Gasteiger partial charge in [0.05, 0.1) is 18.8 Å². The Kier molecular flexibility index (Phi) is 2.66. The van der Waals surface area contributed by atoms with Crippen LogP contribution in [-0.4, -0.2) is 31.2 Å². The second-order valence-corrected chi connectivity index (χ2v) is 5.15. The van der Waals surface area contributed by atoms with Crippen LogP contribution in [0.1, 0.15) is 23.6 Å². The van der Waals surface area contributed by atoms with Gasteiger partial charge in [-0.25, -0.2) is 0 Å². The van der Waals surface area contributed by atoms with Gasteiger partial charge in [0.2, 0.25) is 0 Å². The molecule has 0 amide bonds. The molecule has 2 atom stereocenters. The van der Waals surface area contributed by atoms with Gasteiger partial charge in [-0.2, -0.15) is 0 Å². The minimum Gasteiger partial charge on any atom is -0.375 e. The van der Waals surface area contributed by atoms with Crippen LogP contribution in [0.5, 0.6) is 0 Å². The third kappa shape index (κ3) is 1.65. The zero-order valence-corrected chi connectivity index (χ0v) is 10.2. The lowest BCUT2D eigenvalue weighted by atomic mass is 9.84. The summed E-state index contributed by atoms with van der Waals surface area (Å²) in [4.78, 5) is 2.40. The van der Waals surface area contributed by atoms with Crippen LogP contribution in [0.4, 0.5) is 0 Å². The Morgan fingerprint density at radius 2 is 2.31 bits per heavy atom. The van der Waals surface area contributed by atoms with Crippen molar-refractivity contribution in [3.63, 3.8) is 0 Å². The summed E-state index contributed by atoms with van der Waals surface area (Å²) < 4.78 is 5.86. The first-order valence-corrected chi connectivity index (χ1v) is 6.23. The van der Waals surface area contributed by atoms with E-state index in [-0.39, 0.29) is 0 Å². The normalized spacial score (nSPS) is 29.6. The van der Waals surface area contributed by atoms with Gasteiger partial charge in [-0.15, -0.1) is 0 Å². The summed E-state index contributed by atoms with van der Waals surface area (Å²) in [5.41, 5.74) is 2.80. The van der Waals surface area contributed by atoms with Crippen molar-refractivity contribution in [2.75, 3.05) is 20.2 Å². The first-order chi connectivity index (χ1) is 7.75. The Labute approximate surface area is 101 Å². The minimum atomic E-state index is 0.368. The predicted molar refractivity (Wildman–Crippen MR) is 64.9 cm³/mol. The summed E-state index contributed by atoms with van der Waals surface area (Å²) in [6.07, 6.45) is 2.57. The van der Waals surface area contributed by atoms with Crippen LogP contribution < -0.4 is 0 Å². The van der Waals surface area contributed by atoms with Crippen molar-refractivity contribution in [3.8, 4) is 0 Å². The van der Waals surface area contributed by atoms with E-state index < -0.39 is 0 Å². The van der Waals surface area contributed by atoms with Crippen molar-refractivity contribution in [1.29, 1.82) is 0 Å². The quantitative estimate of drug-likeness (QED) is 0.688.